The lowest BCUT2D eigenvalue weighted by Crippen LogP contribution is -2.52. The van der Waals surface area contributed by atoms with Gasteiger partial charge in [-0.1, -0.05) is 51.1 Å². The van der Waals surface area contributed by atoms with Gasteiger partial charge in [0.25, 0.3) is 5.91 Å². The van der Waals surface area contributed by atoms with Gasteiger partial charge in [0.05, 0.1) is 19.9 Å². The van der Waals surface area contributed by atoms with Gasteiger partial charge in [0.15, 0.2) is 0 Å². The monoisotopic (exact) mass is 591 g/mol. The summed E-state index contributed by atoms with van der Waals surface area (Å²) in [7, 11) is 1.60. The number of methoxy groups -OCH3 is 1. The normalized spacial score (nSPS) is 16.0. The van der Waals surface area contributed by atoms with E-state index in [0.29, 0.717) is 42.4 Å². The van der Waals surface area contributed by atoms with Crippen LogP contribution in [0.15, 0.2) is 79.1 Å². The van der Waals surface area contributed by atoms with E-state index in [-0.39, 0.29) is 36.2 Å². The lowest BCUT2D eigenvalue weighted by molar-refractivity contribution is -0.129. The van der Waals surface area contributed by atoms with Crippen molar-refractivity contribution in [2.24, 2.45) is 0 Å². The minimum Gasteiger partial charge on any atom is -0.497 e. The zero-order valence-corrected chi connectivity index (χ0v) is 25.6. The molecular weight excluding hydrogens is 554 g/mol. The largest absolute Gasteiger partial charge is 0.497 e. The molecule has 0 spiro atoms. The first-order valence-corrected chi connectivity index (χ1v) is 14.9. The Bertz CT molecular complexity index is 1750. The van der Waals surface area contributed by atoms with Crippen molar-refractivity contribution in [2.45, 2.75) is 45.6 Å². The lowest BCUT2D eigenvalue weighted by atomic mass is 9.86. The molecule has 4 heterocycles. The molecule has 2 aliphatic rings. The quantitative estimate of drug-likeness (QED) is 0.278. The molecule has 0 unspecified atom stereocenters. The molecule has 0 radical (unpaired) electrons. The summed E-state index contributed by atoms with van der Waals surface area (Å²) in [6.45, 7) is 8.15. The predicted molar refractivity (Wildman–Crippen MR) is 170 cm³/mol. The van der Waals surface area contributed by atoms with Gasteiger partial charge < -0.3 is 9.64 Å². The van der Waals surface area contributed by atoms with Crippen LogP contribution >= 0.6 is 0 Å². The Kier molecular flexibility index (Phi) is 7.71. The Labute approximate surface area is 257 Å². The number of imide groups is 1. The van der Waals surface area contributed by atoms with Crippen molar-refractivity contribution in [1.82, 2.24) is 19.2 Å². The van der Waals surface area contributed by atoms with Crippen molar-refractivity contribution in [1.29, 1.82) is 0 Å². The molecule has 9 heteroatoms. The number of pyridine rings is 1. The van der Waals surface area contributed by atoms with Crippen LogP contribution in [0.3, 0.4) is 0 Å². The van der Waals surface area contributed by atoms with Crippen LogP contribution in [-0.4, -0.2) is 63.8 Å². The molecule has 2 aliphatic heterocycles. The highest BCUT2D eigenvalue weighted by Crippen LogP contribution is 2.29. The third-order valence-electron chi connectivity index (χ3n) is 8.45. The lowest BCUT2D eigenvalue weighted by Gasteiger charge is -2.33. The number of amides is 4. The van der Waals surface area contributed by atoms with Crippen LogP contribution in [0, 0.1) is 0 Å². The molecule has 0 N–H and O–H groups in total. The summed E-state index contributed by atoms with van der Waals surface area (Å²) in [6.07, 6.45) is 6.68. The Morgan fingerprint density at radius 2 is 1.70 bits per heavy atom. The number of carbonyl (C=O) groups excluding carboxylic acids is 3. The molecule has 226 valence electrons. The maximum atomic E-state index is 13.5. The first kappa shape index (κ1) is 29.2. The summed E-state index contributed by atoms with van der Waals surface area (Å²) in [6, 6.07) is 18.9. The smallest absolute Gasteiger partial charge is 0.332 e. The highest BCUT2D eigenvalue weighted by atomic mass is 16.5. The fourth-order valence-electron chi connectivity index (χ4n) is 5.75. The number of urea groups is 1. The van der Waals surface area contributed by atoms with E-state index in [4.69, 9.17) is 4.74 Å². The number of nitrogens with zero attached hydrogens (tertiary/aromatic N) is 5. The zero-order valence-electron chi connectivity index (χ0n) is 25.6. The van der Waals surface area contributed by atoms with Crippen LogP contribution < -0.4 is 9.64 Å². The number of benzene rings is 2. The first-order valence-electron chi connectivity index (χ1n) is 14.9. The standard InChI is InChI=1S/C35H37N5O4/c1-35(2,3)28-9-7-26(8-10-28)33(42)37-17-13-25(14-18-37)27-15-19-38-30(21-27)36-22-31(38)39-20-16-32(41)40(34(39)43)23-24-5-11-29(44-4)12-6-24/h5-13,15,19,21-22H,14,16-18,20,23H2,1-4H3. The summed E-state index contributed by atoms with van der Waals surface area (Å²) in [5, 5.41) is 0. The van der Waals surface area contributed by atoms with Gasteiger partial charge in [-0.2, -0.15) is 0 Å². The topological polar surface area (TPSA) is 87.5 Å². The van der Waals surface area contributed by atoms with Crippen molar-refractivity contribution in [3.05, 3.63) is 101 Å². The first-order chi connectivity index (χ1) is 21.1. The second-order valence-corrected chi connectivity index (χ2v) is 12.3. The van der Waals surface area contributed by atoms with E-state index in [0.717, 1.165) is 23.1 Å². The highest BCUT2D eigenvalue weighted by molar-refractivity contribution is 6.05. The zero-order chi connectivity index (χ0) is 31.0. The van der Waals surface area contributed by atoms with Crippen LogP contribution in [0.1, 0.15) is 60.7 Å². The molecule has 6 rings (SSSR count). The van der Waals surface area contributed by atoms with E-state index in [1.165, 1.54) is 10.5 Å². The summed E-state index contributed by atoms with van der Waals surface area (Å²) < 4.78 is 7.09. The van der Waals surface area contributed by atoms with Gasteiger partial charge in [-0.15, -0.1) is 0 Å². The van der Waals surface area contributed by atoms with Crippen molar-refractivity contribution in [3.8, 4) is 5.75 Å². The minimum atomic E-state index is -0.365. The number of imidazole rings is 1. The summed E-state index contributed by atoms with van der Waals surface area (Å²) in [5.41, 5.74) is 5.71. The average molecular weight is 592 g/mol. The number of rotatable bonds is 6. The molecule has 44 heavy (non-hydrogen) atoms. The number of hydrogen-bond donors (Lipinski definition) is 0. The van der Waals surface area contributed by atoms with Gasteiger partial charge in [-0.25, -0.2) is 9.78 Å². The number of aromatic nitrogens is 2. The summed E-state index contributed by atoms with van der Waals surface area (Å²) in [4.78, 5) is 48.7. The number of ether oxygens (including phenoxy) is 1. The van der Waals surface area contributed by atoms with Crippen LogP contribution in [-0.2, 0) is 16.8 Å². The van der Waals surface area contributed by atoms with Gasteiger partial charge in [-0.3, -0.25) is 23.8 Å². The van der Waals surface area contributed by atoms with Gasteiger partial charge in [0.1, 0.15) is 17.2 Å². The number of hydrogen-bond acceptors (Lipinski definition) is 5. The second-order valence-electron chi connectivity index (χ2n) is 12.3. The van der Waals surface area contributed by atoms with Crippen LogP contribution in [0.25, 0.3) is 11.2 Å². The second kappa shape index (κ2) is 11.6. The van der Waals surface area contributed by atoms with E-state index in [1.54, 1.807) is 18.2 Å². The molecule has 2 aromatic carbocycles. The maximum Gasteiger partial charge on any atom is 0.332 e. The molecule has 0 bridgehead atoms. The average Bonchev–Trinajstić information content (AvgIpc) is 3.46. The number of carbonyl (C=O) groups is 3. The van der Waals surface area contributed by atoms with Crippen LogP contribution in [0.5, 0.6) is 5.75 Å². The third-order valence-corrected chi connectivity index (χ3v) is 8.45. The fourth-order valence-corrected chi connectivity index (χ4v) is 5.75. The molecule has 0 aliphatic carbocycles. The predicted octanol–water partition coefficient (Wildman–Crippen LogP) is 5.93. The molecule has 1 fully saturated rings. The van der Waals surface area contributed by atoms with E-state index in [2.05, 4.69) is 31.8 Å². The Balaban J connectivity index is 1.15. The molecule has 1 saturated heterocycles. The molecule has 4 amide bonds. The van der Waals surface area contributed by atoms with E-state index >= 15 is 0 Å². The van der Waals surface area contributed by atoms with Gasteiger partial charge in [-0.05, 0) is 70.5 Å². The highest BCUT2D eigenvalue weighted by Gasteiger charge is 2.34. The van der Waals surface area contributed by atoms with Gasteiger partial charge >= 0.3 is 6.03 Å². The van der Waals surface area contributed by atoms with Crippen LogP contribution in [0.4, 0.5) is 10.6 Å². The molecule has 2 aromatic heterocycles. The molecule has 4 aromatic rings. The van der Waals surface area contributed by atoms with E-state index in [1.807, 2.05) is 76.2 Å². The molecule has 9 nitrogen and oxygen atoms in total. The van der Waals surface area contributed by atoms with E-state index < -0.39 is 0 Å². The number of fused-ring (bicyclic) bond motifs is 1. The minimum absolute atomic E-state index is 0.0415. The van der Waals surface area contributed by atoms with Crippen molar-refractivity contribution < 1.29 is 19.1 Å². The van der Waals surface area contributed by atoms with Crippen molar-refractivity contribution in [2.75, 3.05) is 31.6 Å². The van der Waals surface area contributed by atoms with Crippen molar-refractivity contribution in [3.63, 3.8) is 0 Å². The fraction of sp³-hybridized carbons (Fsp3) is 0.314. The van der Waals surface area contributed by atoms with Gasteiger partial charge in [0, 0.05) is 37.8 Å². The molecular formula is C35H37N5O4. The van der Waals surface area contributed by atoms with Crippen molar-refractivity contribution >= 4 is 34.9 Å². The van der Waals surface area contributed by atoms with Crippen LogP contribution in [0.2, 0.25) is 0 Å². The van der Waals surface area contributed by atoms with E-state index in [9.17, 15) is 14.4 Å². The summed E-state index contributed by atoms with van der Waals surface area (Å²) >= 11 is 0. The SMILES string of the molecule is COc1ccc(CN2C(=O)CCN(c3cnc4cc(C5=CCN(C(=O)c6ccc(C(C)(C)C)cc6)CC5)ccn34)C2=O)cc1. The molecule has 0 saturated carbocycles. The Hall–Kier alpha value is -4.92. The van der Waals surface area contributed by atoms with Gasteiger partial charge in [0.2, 0.25) is 5.91 Å². The Morgan fingerprint density at radius 3 is 2.36 bits per heavy atom. The third kappa shape index (κ3) is 5.69. The summed E-state index contributed by atoms with van der Waals surface area (Å²) in [5.74, 6) is 1.18. The Morgan fingerprint density at radius 1 is 0.955 bits per heavy atom. The number of anilines is 1. The molecule has 0 atom stereocenters. The maximum absolute atomic E-state index is 13.5.